The molecule has 25 heavy (non-hydrogen) atoms. The highest BCUT2D eigenvalue weighted by Crippen LogP contribution is 2.15. The van der Waals surface area contributed by atoms with Crippen LogP contribution in [0.4, 0.5) is 5.69 Å². The number of nitrogens with zero attached hydrogens (tertiary/aromatic N) is 3. The molecule has 146 valence electrons. The Hall–Kier alpha value is -0.720. The zero-order valence-corrected chi connectivity index (χ0v) is 17.4. The molecule has 2 rings (SSSR count). The number of hydrogen-bond acceptors (Lipinski definition) is 4. The van der Waals surface area contributed by atoms with Gasteiger partial charge in [0.25, 0.3) is 0 Å². The summed E-state index contributed by atoms with van der Waals surface area (Å²) >= 11 is 0. The molecular weight excluding hydrogens is 383 g/mol. The molecule has 1 heterocycles. The smallest absolute Gasteiger partial charge is 0.223 e. The van der Waals surface area contributed by atoms with Gasteiger partial charge < -0.3 is 15.5 Å². The molecule has 1 fully saturated rings. The fourth-order valence-corrected chi connectivity index (χ4v) is 2.72. The number of hydrogen-bond donors (Lipinski definition) is 1. The summed E-state index contributed by atoms with van der Waals surface area (Å²) in [7, 11) is 1.87. The summed E-state index contributed by atoms with van der Waals surface area (Å²) < 4.78 is 0. The first-order valence-corrected chi connectivity index (χ1v) is 8.08. The average molecular weight is 414 g/mol. The van der Waals surface area contributed by atoms with Crippen LogP contribution < -0.4 is 10.6 Å². The van der Waals surface area contributed by atoms with Gasteiger partial charge in [-0.2, -0.15) is 0 Å². The monoisotopic (exact) mass is 412 g/mol. The van der Waals surface area contributed by atoms with Gasteiger partial charge in [-0.3, -0.25) is 9.69 Å². The maximum Gasteiger partial charge on any atom is 0.223 e. The van der Waals surface area contributed by atoms with Crippen LogP contribution in [-0.4, -0.2) is 68.1 Å². The standard InChI is InChI=1S/C17H28N4O.3ClH/c1-15(18)14-17(22)19(2)8-9-20-10-12-21(13-11-20)16-6-4-3-5-7-16;;;/h3-7,15H,8-14,18H2,1-2H3;3*1H. The maximum atomic E-state index is 11.9. The van der Waals surface area contributed by atoms with Crippen LogP contribution in [0.3, 0.4) is 0 Å². The summed E-state index contributed by atoms with van der Waals surface area (Å²) in [4.78, 5) is 18.5. The van der Waals surface area contributed by atoms with Crippen LogP contribution in [0.25, 0.3) is 0 Å². The van der Waals surface area contributed by atoms with E-state index in [1.165, 1.54) is 5.69 Å². The molecular formula is C17H31Cl3N4O. The van der Waals surface area contributed by atoms with E-state index >= 15 is 0 Å². The number of nitrogens with two attached hydrogens (primary N) is 1. The molecule has 0 aliphatic carbocycles. The quantitative estimate of drug-likeness (QED) is 0.777. The summed E-state index contributed by atoms with van der Waals surface area (Å²) in [5.41, 5.74) is 6.97. The molecule has 1 saturated heterocycles. The SMILES string of the molecule is CC(N)CC(=O)N(C)CCN1CCN(c2ccccc2)CC1.Cl.Cl.Cl. The zero-order chi connectivity index (χ0) is 15.9. The second kappa shape index (κ2) is 13.5. The molecule has 5 nitrogen and oxygen atoms in total. The van der Waals surface area contributed by atoms with E-state index < -0.39 is 0 Å². The van der Waals surface area contributed by atoms with Crippen LogP contribution >= 0.6 is 37.2 Å². The lowest BCUT2D eigenvalue weighted by Crippen LogP contribution is -2.48. The van der Waals surface area contributed by atoms with Crippen LogP contribution in [0, 0.1) is 0 Å². The summed E-state index contributed by atoms with van der Waals surface area (Å²) in [6.45, 7) is 7.76. The highest BCUT2D eigenvalue weighted by molar-refractivity contribution is 5.86. The van der Waals surface area contributed by atoms with Gasteiger partial charge >= 0.3 is 0 Å². The lowest BCUT2D eigenvalue weighted by molar-refractivity contribution is -0.130. The Morgan fingerprint density at radius 2 is 1.68 bits per heavy atom. The highest BCUT2D eigenvalue weighted by Gasteiger charge is 2.18. The van der Waals surface area contributed by atoms with E-state index in [0.29, 0.717) is 6.42 Å². The van der Waals surface area contributed by atoms with Crippen LogP contribution in [0.5, 0.6) is 0 Å². The fraction of sp³-hybridized carbons (Fsp3) is 0.588. The highest BCUT2D eigenvalue weighted by atomic mass is 35.5. The Morgan fingerprint density at radius 3 is 2.20 bits per heavy atom. The molecule has 8 heteroatoms. The van der Waals surface area contributed by atoms with Gasteiger partial charge in [-0.1, -0.05) is 18.2 Å². The van der Waals surface area contributed by atoms with Crippen molar-refractivity contribution in [3.05, 3.63) is 30.3 Å². The minimum absolute atomic E-state index is 0. The number of amides is 1. The molecule has 1 unspecified atom stereocenters. The van der Waals surface area contributed by atoms with Gasteiger partial charge in [-0.05, 0) is 19.1 Å². The molecule has 1 amide bonds. The van der Waals surface area contributed by atoms with Crippen molar-refractivity contribution >= 4 is 48.8 Å². The molecule has 1 aliphatic heterocycles. The molecule has 0 bridgehead atoms. The van der Waals surface area contributed by atoms with E-state index in [4.69, 9.17) is 5.73 Å². The van der Waals surface area contributed by atoms with E-state index in [2.05, 4.69) is 40.1 Å². The minimum atomic E-state index is -0.0654. The Labute approximate surface area is 170 Å². The molecule has 0 aromatic heterocycles. The molecule has 0 spiro atoms. The first-order valence-electron chi connectivity index (χ1n) is 8.08. The second-order valence-corrected chi connectivity index (χ2v) is 6.16. The number of carbonyl (C=O) groups excluding carboxylic acids is 1. The number of likely N-dealkylation sites (N-methyl/N-ethyl adjacent to an activating group) is 1. The summed E-state index contributed by atoms with van der Waals surface area (Å²) in [6, 6.07) is 10.5. The van der Waals surface area contributed by atoms with Crippen molar-refractivity contribution in [3.8, 4) is 0 Å². The molecule has 2 N–H and O–H groups in total. The minimum Gasteiger partial charge on any atom is -0.369 e. The normalized spacial score (nSPS) is 15.2. The van der Waals surface area contributed by atoms with Gasteiger partial charge in [-0.15, -0.1) is 37.2 Å². The van der Waals surface area contributed by atoms with Crippen molar-refractivity contribution in [2.45, 2.75) is 19.4 Å². The van der Waals surface area contributed by atoms with Gasteiger partial charge in [0.05, 0.1) is 0 Å². The molecule has 1 aromatic rings. The lowest BCUT2D eigenvalue weighted by Gasteiger charge is -2.36. The van der Waals surface area contributed by atoms with Crippen molar-refractivity contribution in [3.63, 3.8) is 0 Å². The van der Waals surface area contributed by atoms with Crippen molar-refractivity contribution in [1.29, 1.82) is 0 Å². The molecule has 1 aromatic carbocycles. The first-order chi connectivity index (χ1) is 10.6. The third-order valence-corrected chi connectivity index (χ3v) is 4.17. The maximum absolute atomic E-state index is 11.9. The largest absolute Gasteiger partial charge is 0.369 e. The van der Waals surface area contributed by atoms with Crippen molar-refractivity contribution in [2.24, 2.45) is 5.73 Å². The van der Waals surface area contributed by atoms with Gasteiger partial charge in [-0.25, -0.2) is 0 Å². The van der Waals surface area contributed by atoms with Crippen molar-refractivity contribution in [1.82, 2.24) is 9.80 Å². The van der Waals surface area contributed by atoms with E-state index in [9.17, 15) is 4.79 Å². The Kier molecular flexibility index (Phi) is 14.3. The number of halogens is 3. The topological polar surface area (TPSA) is 52.8 Å². The fourth-order valence-electron chi connectivity index (χ4n) is 2.72. The second-order valence-electron chi connectivity index (χ2n) is 6.16. The molecule has 1 atom stereocenters. The number of benzene rings is 1. The zero-order valence-electron chi connectivity index (χ0n) is 15.0. The number of anilines is 1. The predicted molar refractivity (Wildman–Crippen MR) is 113 cm³/mol. The number of piperazine rings is 1. The Balaban J connectivity index is 0. The average Bonchev–Trinajstić information content (AvgIpc) is 2.53. The van der Waals surface area contributed by atoms with E-state index in [-0.39, 0.29) is 49.2 Å². The number of rotatable bonds is 6. The van der Waals surface area contributed by atoms with Crippen LogP contribution in [-0.2, 0) is 4.79 Å². The van der Waals surface area contributed by atoms with Gasteiger partial charge in [0, 0.05) is 64.5 Å². The number of carbonyl (C=O) groups is 1. The van der Waals surface area contributed by atoms with Crippen LogP contribution in [0.2, 0.25) is 0 Å². The first kappa shape index (κ1) is 26.5. The van der Waals surface area contributed by atoms with Crippen LogP contribution in [0.15, 0.2) is 30.3 Å². The molecule has 0 saturated carbocycles. The van der Waals surface area contributed by atoms with E-state index in [1.807, 2.05) is 14.0 Å². The Morgan fingerprint density at radius 1 is 1.12 bits per heavy atom. The van der Waals surface area contributed by atoms with Gasteiger partial charge in [0.2, 0.25) is 5.91 Å². The van der Waals surface area contributed by atoms with Crippen molar-refractivity contribution < 1.29 is 4.79 Å². The predicted octanol–water partition coefficient (Wildman–Crippen LogP) is 2.27. The molecule has 0 radical (unpaired) electrons. The molecule has 1 aliphatic rings. The summed E-state index contributed by atoms with van der Waals surface area (Å²) in [6.07, 6.45) is 0.429. The van der Waals surface area contributed by atoms with Crippen molar-refractivity contribution in [2.75, 3.05) is 51.2 Å². The third kappa shape index (κ3) is 8.97. The van der Waals surface area contributed by atoms with Crippen LogP contribution in [0.1, 0.15) is 13.3 Å². The third-order valence-electron chi connectivity index (χ3n) is 4.17. The summed E-state index contributed by atoms with van der Waals surface area (Å²) in [5, 5.41) is 0. The van der Waals surface area contributed by atoms with E-state index in [1.54, 1.807) is 4.90 Å². The lowest BCUT2D eigenvalue weighted by atomic mass is 10.2. The Bertz CT molecular complexity index is 468. The summed E-state index contributed by atoms with van der Waals surface area (Å²) in [5.74, 6) is 0.137. The van der Waals surface area contributed by atoms with Gasteiger partial charge in [0.1, 0.15) is 0 Å². The van der Waals surface area contributed by atoms with Gasteiger partial charge in [0.15, 0.2) is 0 Å². The van der Waals surface area contributed by atoms with E-state index in [0.717, 1.165) is 39.3 Å². The number of para-hydroxylation sites is 1.